The fourth-order valence-corrected chi connectivity index (χ4v) is 3.57. The van der Waals surface area contributed by atoms with Gasteiger partial charge in [0.25, 0.3) is 11.8 Å². The topological polar surface area (TPSA) is 111 Å². The first kappa shape index (κ1) is 22.2. The minimum Gasteiger partial charge on any atom is -0.464 e. The molecule has 3 aliphatic rings. The van der Waals surface area contributed by atoms with Gasteiger partial charge in [-0.3, -0.25) is 9.59 Å². The Hall–Kier alpha value is -2.12. The third-order valence-corrected chi connectivity index (χ3v) is 5.46. The number of hydrogen-bond acceptors (Lipinski definition) is 6. The van der Waals surface area contributed by atoms with Crippen molar-refractivity contribution in [2.24, 2.45) is 0 Å². The zero-order chi connectivity index (χ0) is 20.6. The van der Waals surface area contributed by atoms with E-state index in [0.717, 1.165) is 38.5 Å². The molecule has 3 rings (SSSR count). The number of hydrogen-bond donors (Lipinski definition) is 2. The number of ether oxygens (including phenoxy) is 2. The summed E-state index contributed by atoms with van der Waals surface area (Å²) in [7, 11) is 0. The van der Waals surface area contributed by atoms with Gasteiger partial charge in [0.05, 0.1) is 13.2 Å². The number of unbranched alkanes of at least 4 members (excludes halogenated alkanes) is 6. The van der Waals surface area contributed by atoms with E-state index in [1.54, 1.807) is 0 Å². The van der Waals surface area contributed by atoms with Crippen LogP contribution in [0, 0.1) is 0 Å². The van der Waals surface area contributed by atoms with Crippen molar-refractivity contribution in [2.45, 2.75) is 89.1 Å². The van der Waals surface area contributed by atoms with Gasteiger partial charge in [-0.15, -0.1) is 0 Å². The number of piperazine rings is 1. The van der Waals surface area contributed by atoms with E-state index in [-0.39, 0.29) is 26.1 Å². The molecule has 0 radical (unpaired) electrons. The number of carbonyl (C=O) groups excluding carboxylic acids is 4. The van der Waals surface area contributed by atoms with Crippen LogP contribution in [0.3, 0.4) is 0 Å². The van der Waals surface area contributed by atoms with Crippen LogP contribution in [-0.4, -0.2) is 48.0 Å². The quantitative estimate of drug-likeness (QED) is 0.295. The molecule has 2 N–H and O–H groups in total. The maximum atomic E-state index is 12.6. The van der Waals surface area contributed by atoms with Crippen LogP contribution in [0.2, 0.25) is 0 Å². The molecule has 3 saturated heterocycles. The highest BCUT2D eigenvalue weighted by Crippen LogP contribution is 2.35. The van der Waals surface area contributed by atoms with Gasteiger partial charge in [-0.2, -0.15) is 0 Å². The molecule has 2 atom stereocenters. The molecule has 3 fully saturated rings. The maximum Gasteiger partial charge on any atom is 0.341 e. The van der Waals surface area contributed by atoms with E-state index in [1.165, 1.54) is 0 Å². The van der Waals surface area contributed by atoms with Gasteiger partial charge >= 0.3 is 11.9 Å². The van der Waals surface area contributed by atoms with E-state index >= 15 is 0 Å². The van der Waals surface area contributed by atoms with Crippen LogP contribution in [0.1, 0.15) is 78.1 Å². The predicted octanol–water partition coefficient (Wildman–Crippen LogP) is 1.75. The number of fused-ring (bicyclic) bond motifs is 3. The standard InChI is InChI=1S/C20H32N2O6/c1-3-5-7-9-13-27-17(25)19-11-12-20(16(24)21-19,22-15(19)23)18(26)28-14-10-8-6-4-2/h3-14H2,1-2H3,(H,21,24)(H,22,23)/t19-,20-/m0/s1. The highest BCUT2D eigenvalue weighted by molar-refractivity contribution is 6.22. The SMILES string of the molecule is CCCCCCOC(=O)[C@]12CC[C@](C(=O)OCCCCCC)(NC1=O)C(=O)N2. The minimum atomic E-state index is -1.75. The largest absolute Gasteiger partial charge is 0.464 e. The van der Waals surface area contributed by atoms with Crippen LogP contribution >= 0.6 is 0 Å². The smallest absolute Gasteiger partial charge is 0.341 e. The first-order valence-electron chi connectivity index (χ1n) is 10.4. The zero-order valence-electron chi connectivity index (χ0n) is 16.9. The van der Waals surface area contributed by atoms with Crippen LogP contribution in [0.5, 0.6) is 0 Å². The van der Waals surface area contributed by atoms with Crippen molar-refractivity contribution in [3.8, 4) is 0 Å². The minimum absolute atomic E-state index is 0.0172. The number of amides is 2. The van der Waals surface area contributed by atoms with Crippen molar-refractivity contribution in [3.63, 3.8) is 0 Å². The second kappa shape index (κ2) is 9.89. The average molecular weight is 396 g/mol. The molecular formula is C20H32N2O6. The lowest BCUT2D eigenvalue weighted by atomic mass is 9.73. The van der Waals surface area contributed by atoms with E-state index in [2.05, 4.69) is 24.5 Å². The second-order valence-electron chi connectivity index (χ2n) is 7.61. The number of nitrogens with one attached hydrogen (secondary N) is 2. The Balaban J connectivity index is 1.93. The summed E-state index contributed by atoms with van der Waals surface area (Å²) in [4.78, 5) is 50.2. The van der Waals surface area contributed by atoms with Crippen LogP contribution in [0.15, 0.2) is 0 Å². The molecule has 0 aliphatic carbocycles. The summed E-state index contributed by atoms with van der Waals surface area (Å²) in [5.41, 5.74) is -3.49. The molecule has 8 nitrogen and oxygen atoms in total. The lowest BCUT2D eigenvalue weighted by molar-refractivity contribution is -0.177. The van der Waals surface area contributed by atoms with Gasteiger partial charge in [0, 0.05) is 0 Å². The molecular weight excluding hydrogens is 364 g/mol. The fourth-order valence-electron chi connectivity index (χ4n) is 3.57. The van der Waals surface area contributed by atoms with Crippen molar-refractivity contribution in [1.82, 2.24) is 10.6 Å². The number of carbonyl (C=O) groups is 4. The molecule has 3 heterocycles. The molecule has 158 valence electrons. The van der Waals surface area contributed by atoms with Gasteiger partial charge in [-0.05, 0) is 25.7 Å². The predicted molar refractivity (Wildman–Crippen MR) is 101 cm³/mol. The fraction of sp³-hybridized carbons (Fsp3) is 0.800. The Morgan fingerprint density at radius 2 is 1.14 bits per heavy atom. The van der Waals surface area contributed by atoms with Crippen LogP contribution in [0.4, 0.5) is 0 Å². The second-order valence-corrected chi connectivity index (χ2v) is 7.61. The van der Waals surface area contributed by atoms with E-state index in [1.807, 2.05) is 0 Å². The van der Waals surface area contributed by atoms with Crippen LogP contribution < -0.4 is 10.6 Å². The van der Waals surface area contributed by atoms with Gasteiger partial charge in [0.1, 0.15) is 0 Å². The molecule has 0 saturated carbocycles. The molecule has 0 spiro atoms. The third-order valence-electron chi connectivity index (χ3n) is 5.46. The van der Waals surface area contributed by atoms with Gasteiger partial charge in [-0.1, -0.05) is 52.4 Å². The van der Waals surface area contributed by atoms with E-state index in [9.17, 15) is 19.2 Å². The van der Waals surface area contributed by atoms with Gasteiger partial charge in [-0.25, -0.2) is 9.59 Å². The lowest BCUT2D eigenvalue weighted by Gasteiger charge is -2.48. The van der Waals surface area contributed by atoms with E-state index in [0.29, 0.717) is 12.8 Å². The van der Waals surface area contributed by atoms with Crippen LogP contribution in [0.25, 0.3) is 0 Å². The Morgan fingerprint density at radius 1 is 0.750 bits per heavy atom. The number of rotatable bonds is 12. The molecule has 3 aliphatic heterocycles. The lowest BCUT2D eigenvalue weighted by Crippen LogP contribution is -2.83. The molecule has 8 heteroatoms. The summed E-state index contributed by atoms with van der Waals surface area (Å²) in [5, 5.41) is 4.87. The Morgan fingerprint density at radius 3 is 1.46 bits per heavy atom. The summed E-state index contributed by atoms with van der Waals surface area (Å²) in [5.74, 6) is -2.95. The maximum absolute atomic E-state index is 12.6. The molecule has 0 aromatic carbocycles. The normalized spacial score (nSPS) is 25.8. The van der Waals surface area contributed by atoms with Crippen molar-refractivity contribution in [2.75, 3.05) is 13.2 Å². The Labute approximate surface area is 166 Å². The van der Waals surface area contributed by atoms with Crippen LogP contribution in [-0.2, 0) is 28.7 Å². The number of piperidine rings is 2. The van der Waals surface area contributed by atoms with Gasteiger partial charge in [0.15, 0.2) is 0 Å². The third kappa shape index (κ3) is 4.47. The van der Waals surface area contributed by atoms with Crippen molar-refractivity contribution >= 4 is 23.8 Å². The average Bonchev–Trinajstić information content (AvgIpc) is 2.68. The summed E-state index contributed by atoms with van der Waals surface area (Å²) in [6.07, 6.45) is 7.53. The molecule has 0 aromatic rings. The summed E-state index contributed by atoms with van der Waals surface area (Å²) < 4.78 is 10.5. The summed E-state index contributed by atoms with van der Waals surface area (Å²) in [6, 6.07) is 0. The highest BCUT2D eigenvalue weighted by Gasteiger charge is 2.67. The Kier molecular flexibility index (Phi) is 7.83. The molecule has 28 heavy (non-hydrogen) atoms. The van der Waals surface area contributed by atoms with Crippen molar-refractivity contribution in [3.05, 3.63) is 0 Å². The zero-order valence-corrected chi connectivity index (χ0v) is 16.9. The highest BCUT2D eigenvalue weighted by atomic mass is 16.5. The first-order valence-corrected chi connectivity index (χ1v) is 10.4. The summed E-state index contributed by atoms with van der Waals surface area (Å²) >= 11 is 0. The van der Waals surface area contributed by atoms with Crippen molar-refractivity contribution in [1.29, 1.82) is 0 Å². The summed E-state index contributed by atoms with van der Waals surface area (Å²) in [6.45, 7) is 4.57. The van der Waals surface area contributed by atoms with E-state index < -0.39 is 34.8 Å². The monoisotopic (exact) mass is 396 g/mol. The number of esters is 2. The van der Waals surface area contributed by atoms with E-state index in [4.69, 9.17) is 9.47 Å². The molecule has 2 amide bonds. The first-order chi connectivity index (χ1) is 13.4. The van der Waals surface area contributed by atoms with Gasteiger partial charge in [0.2, 0.25) is 11.1 Å². The Bertz CT molecular complexity index is 556. The van der Waals surface area contributed by atoms with Crippen molar-refractivity contribution < 1.29 is 28.7 Å². The van der Waals surface area contributed by atoms with Gasteiger partial charge < -0.3 is 20.1 Å². The molecule has 0 aromatic heterocycles. The molecule has 2 bridgehead atoms. The molecule has 0 unspecified atom stereocenters.